The molecule has 0 radical (unpaired) electrons. The normalized spacial score (nSPS) is 16.2. The van der Waals surface area contributed by atoms with Crippen LogP contribution in [0.2, 0.25) is 0 Å². The molecule has 0 unspecified atom stereocenters. The number of aromatic nitrogens is 2. The Morgan fingerprint density at radius 3 is 2.79 bits per heavy atom. The summed E-state index contributed by atoms with van der Waals surface area (Å²) in [7, 11) is 2.23. The van der Waals surface area contributed by atoms with Gasteiger partial charge in [0, 0.05) is 19.6 Å². The van der Waals surface area contributed by atoms with Gasteiger partial charge in [-0.2, -0.15) is 0 Å². The number of unbranched alkanes of at least 4 members (excludes halogenated alkanes) is 1. The number of rotatable bonds is 6. The summed E-state index contributed by atoms with van der Waals surface area (Å²) in [5.74, 6) is 1.46. The van der Waals surface area contributed by atoms with Gasteiger partial charge in [-0.1, -0.05) is 25.5 Å². The second kappa shape index (κ2) is 7.79. The van der Waals surface area contributed by atoms with E-state index in [4.69, 9.17) is 0 Å². The van der Waals surface area contributed by atoms with Gasteiger partial charge in [-0.05, 0) is 50.9 Å². The van der Waals surface area contributed by atoms with Crippen molar-refractivity contribution in [3.63, 3.8) is 0 Å². The van der Waals surface area contributed by atoms with Crippen molar-refractivity contribution in [2.45, 2.75) is 32.6 Å². The summed E-state index contributed by atoms with van der Waals surface area (Å²) in [6.07, 6.45) is 4.85. The first-order chi connectivity index (χ1) is 11.7. The number of para-hydroxylation sites is 1. The van der Waals surface area contributed by atoms with Gasteiger partial charge in [0.05, 0.1) is 10.9 Å². The standard InChI is InChI=1S/C19H28N4O/c1-3-4-11-22(2)14-15-9-12-23(13-10-15)19-20-17-8-6-5-7-16(17)18(24)21-19/h5-8,15H,3-4,9-14H2,1-2H3,(H,20,21,24). The fourth-order valence-electron chi connectivity index (χ4n) is 3.51. The Balaban J connectivity index is 1.62. The van der Waals surface area contributed by atoms with E-state index in [0.717, 1.165) is 43.3 Å². The molecule has 24 heavy (non-hydrogen) atoms. The van der Waals surface area contributed by atoms with Crippen molar-refractivity contribution in [2.24, 2.45) is 5.92 Å². The van der Waals surface area contributed by atoms with E-state index in [1.165, 1.54) is 25.9 Å². The van der Waals surface area contributed by atoms with Crippen molar-refractivity contribution in [3.8, 4) is 0 Å². The van der Waals surface area contributed by atoms with E-state index in [0.29, 0.717) is 5.39 Å². The molecule has 5 heteroatoms. The molecule has 1 saturated heterocycles. The molecule has 1 aromatic carbocycles. The van der Waals surface area contributed by atoms with Crippen LogP contribution in [0.5, 0.6) is 0 Å². The van der Waals surface area contributed by atoms with Crippen molar-refractivity contribution in [2.75, 3.05) is 38.1 Å². The van der Waals surface area contributed by atoms with Gasteiger partial charge in [0.15, 0.2) is 0 Å². The Labute approximate surface area is 143 Å². The Bertz CT molecular complexity index is 719. The first-order valence-electron chi connectivity index (χ1n) is 9.10. The smallest absolute Gasteiger partial charge is 0.260 e. The average molecular weight is 328 g/mol. The van der Waals surface area contributed by atoms with Crippen LogP contribution in [0.3, 0.4) is 0 Å². The molecule has 2 heterocycles. The molecule has 0 spiro atoms. The van der Waals surface area contributed by atoms with Crippen LogP contribution in [0.15, 0.2) is 29.1 Å². The van der Waals surface area contributed by atoms with Crippen LogP contribution in [-0.2, 0) is 0 Å². The molecule has 5 nitrogen and oxygen atoms in total. The zero-order chi connectivity index (χ0) is 16.9. The van der Waals surface area contributed by atoms with Gasteiger partial charge >= 0.3 is 0 Å². The van der Waals surface area contributed by atoms with Gasteiger partial charge in [-0.25, -0.2) is 4.98 Å². The van der Waals surface area contributed by atoms with Crippen molar-refractivity contribution in [3.05, 3.63) is 34.6 Å². The van der Waals surface area contributed by atoms with Crippen LogP contribution in [0, 0.1) is 5.92 Å². The van der Waals surface area contributed by atoms with Crippen LogP contribution >= 0.6 is 0 Å². The maximum absolute atomic E-state index is 12.2. The largest absolute Gasteiger partial charge is 0.342 e. The zero-order valence-corrected chi connectivity index (χ0v) is 14.8. The lowest BCUT2D eigenvalue weighted by Crippen LogP contribution is -2.39. The second-order valence-electron chi connectivity index (χ2n) is 6.95. The van der Waals surface area contributed by atoms with E-state index >= 15 is 0 Å². The van der Waals surface area contributed by atoms with Crippen LogP contribution in [0.1, 0.15) is 32.6 Å². The van der Waals surface area contributed by atoms with E-state index in [-0.39, 0.29) is 5.56 Å². The summed E-state index contributed by atoms with van der Waals surface area (Å²) in [4.78, 5) is 24.5. The Morgan fingerprint density at radius 1 is 1.29 bits per heavy atom. The monoisotopic (exact) mass is 328 g/mol. The molecule has 0 amide bonds. The molecular weight excluding hydrogens is 300 g/mol. The van der Waals surface area contributed by atoms with Gasteiger partial charge in [0.25, 0.3) is 5.56 Å². The third kappa shape index (κ3) is 3.96. The lowest BCUT2D eigenvalue weighted by molar-refractivity contribution is 0.245. The maximum Gasteiger partial charge on any atom is 0.260 e. The Kier molecular flexibility index (Phi) is 5.51. The van der Waals surface area contributed by atoms with Crippen molar-refractivity contribution in [1.82, 2.24) is 14.9 Å². The number of hydrogen-bond donors (Lipinski definition) is 1. The Hall–Kier alpha value is -1.88. The summed E-state index contributed by atoms with van der Waals surface area (Å²) >= 11 is 0. The fourth-order valence-corrected chi connectivity index (χ4v) is 3.51. The zero-order valence-electron chi connectivity index (χ0n) is 14.8. The highest BCUT2D eigenvalue weighted by molar-refractivity contribution is 5.78. The number of nitrogens with one attached hydrogen (secondary N) is 1. The molecule has 0 atom stereocenters. The molecule has 3 rings (SSSR count). The number of nitrogens with zero attached hydrogens (tertiary/aromatic N) is 3. The topological polar surface area (TPSA) is 52.2 Å². The van der Waals surface area contributed by atoms with E-state index in [9.17, 15) is 4.79 Å². The van der Waals surface area contributed by atoms with E-state index in [1.54, 1.807) is 0 Å². The van der Waals surface area contributed by atoms with Gasteiger partial charge in [0.2, 0.25) is 5.95 Å². The van der Waals surface area contributed by atoms with Crippen LogP contribution in [0.4, 0.5) is 5.95 Å². The van der Waals surface area contributed by atoms with E-state index < -0.39 is 0 Å². The third-order valence-corrected chi connectivity index (χ3v) is 4.98. The average Bonchev–Trinajstić information content (AvgIpc) is 2.60. The highest BCUT2D eigenvalue weighted by atomic mass is 16.1. The highest BCUT2D eigenvalue weighted by Gasteiger charge is 2.22. The molecule has 1 aliphatic heterocycles. The SMILES string of the molecule is CCCCN(C)CC1CCN(c2nc3ccccc3c(=O)[nH]2)CC1. The van der Waals surface area contributed by atoms with Gasteiger partial charge < -0.3 is 9.80 Å². The minimum absolute atomic E-state index is 0.0444. The molecule has 1 aromatic heterocycles. The van der Waals surface area contributed by atoms with E-state index in [1.807, 2.05) is 24.3 Å². The third-order valence-electron chi connectivity index (χ3n) is 4.98. The molecule has 2 aromatic rings. The molecule has 1 fully saturated rings. The van der Waals surface area contributed by atoms with Crippen molar-refractivity contribution in [1.29, 1.82) is 0 Å². The predicted octanol–water partition coefficient (Wildman–Crippen LogP) is 2.87. The highest BCUT2D eigenvalue weighted by Crippen LogP contribution is 2.21. The molecule has 130 valence electrons. The second-order valence-corrected chi connectivity index (χ2v) is 6.95. The molecule has 1 N–H and O–H groups in total. The first kappa shape index (κ1) is 17.0. The first-order valence-corrected chi connectivity index (χ1v) is 9.10. The molecular formula is C19H28N4O. The van der Waals surface area contributed by atoms with Gasteiger partial charge in [0.1, 0.15) is 0 Å². The lowest BCUT2D eigenvalue weighted by atomic mass is 9.96. The van der Waals surface area contributed by atoms with Crippen molar-refractivity contribution < 1.29 is 0 Å². The van der Waals surface area contributed by atoms with Gasteiger partial charge in [-0.15, -0.1) is 0 Å². The van der Waals surface area contributed by atoms with E-state index in [2.05, 4.69) is 33.7 Å². The summed E-state index contributed by atoms with van der Waals surface area (Å²) in [6, 6.07) is 7.53. The quantitative estimate of drug-likeness (QED) is 0.886. The van der Waals surface area contributed by atoms with Crippen LogP contribution in [-0.4, -0.2) is 48.1 Å². The summed E-state index contributed by atoms with van der Waals surface area (Å²) < 4.78 is 0. The fraction of sp³-hybridized carbons (Fsp3) is 0.579. The van der Waals surface area contributed by atoms with Gasteiger partial charge in [-0.3, -0.25) is 9.78 Å². The minimum Gasteiger partial charge on any atom is -0.342 e. The molecule has 1 aliphatic rings. The number of anilines is 1. The van der Waals surface area contributed by atoms with Crippen molar-refractivity contribution >= 4 is 16.9 Å². The lowest BCUT2D eigenvalue weighted by Gasteiger charge is -2.34. The maximum atomic E-state index is 12.2. The molecule has 0 saturated carbocycles. The summed E-state index contributed by atoms with van der Waals surface area (Å²) in [5, 5.41) is 0.661. The summed E-state index contributed by atoms with van der Waals surface area (Å²) in [5.41, 5.74) is 0.731. The molecule has 0 bridgehead atoms. The number of aromatic amines is 1. The number of hydrogen-bond acceptors (Lipinski definition) is 4. The number of fused-ring (bicyclic) bond motifs is 1. The Morgan fingerprint density at radius 2 is 2.04 bits per heavy atom. The van der Waals surface area contributed by atoms with Crippen LogP contribution < -0.4 is 10.5 Å². The predicted molar refractivity (Wildman–Crippen MR) is 99.7 cm³/mol. The number of H-pyrrole nitrogens is 1. The number of benzene rings is 1. The summed E-state index contributed by atoms with van der Waals surface area (Å²) in [6.45, 7) is 6.54. The number of piperidine rings is 1. The molecule has 0 aliphatic carbocycles. The minimum atomic E-state index is -0.0444. The van der Waals surface area contributed by atoms with Crippen LogP contribution in [0.25, 0.3) is 10.9 Å².